The first kappa shape index (κ1) is 23.2. The molecule has 1 aromatic carbocycles. The van der Waals surface area contributed by atoms with Crippen molar-refractivity contribution in [3.05, 3.63) is 53.1 Å². The van der Waals surface area contributed by atoms with Crippen LogP contribution in [0.15, 0.2) is 30.5 Å². The van der Waals surface area contributed by atoms with Crippen LogP contribution in [0.25, 0.3) is 10.9 Å². The van der Waals surface area contributed by atoms with Crippen LogP contribution < -0.4 is 10.2 Å². The van der Waals surface area contributed by atoms with Crippen molar-refractivity contribution >= 4 is 22.4 Å². The van der Waals surface area contributed by atoms with Crippen molar-refractivity contribution in [1.82, 2.24) is 20.1 Å². The van der Waals surface area contributed by atoms with E-state index in [1.54, 1.807) is 6.92 Å². The number of fused-ring (bicyclic) bond motifs is 1. The molecule has 2 aromatic heterocycles. The standard InChI is InChI=1S/C24H29F3N6/c1-14(18-6-5-7-19(21(18)25)23(26)27)29-24-20-12-17(13-28-22(20)15(2)30-31-24)33-10-8-16(9-11-33)32(3)4/h5-7,12-14,16,23H,8-11H2,1-4H3,(H,29,31). The van der Waals surface area contributed by atoms with Gasteiger partial charge in [0.05, 0.1) is 34.7 Å². The number of benzene rings is 1. The van der Waals surface area contributed by atoms with Crippen LogP contribution in [-0.2, 0) is 0 Å². The predicted molar refractivity (Wildman–Crippen MR) is 124 cm³/mol. The number of halogens is 3. The second kappa shape index (κ2) is 9.51. The average molecular weight is 459 g/mol. The first-order chi connectivity index (χ1) is 15.8. The van der Waals surface area contributed by atoms with Crippen LogP contribution in [0.5, 0.6) is 0 Å². The molecule has 0 bridgehead atoms. The fraction of sp³-hybridized carbons (Fsp3) is 0.458. The number of aromatic nitrogens is 3. The number of aryl methyl sites for hydroxylation is 1. The Kier molecular flexibility index (Phi) is 6.69. The first-order valence-corrected chi connectivity index (χ1v) is 11.1. The van der Waals surface area contributed by atoms with E-state index in [1.165, 1.54) is 12.1 Å². The summed E-state index contributed by atoms with van der Waals surface area (Å²) in [6.07, 6.45) is 1.12. The number of hydrogen-bond acceptors (Lipinski definition) is 6. The molecule has 0 amide bonds. The number of anilines is 2. The summed E-state index contributed by atoms with van der Waals surface area (Å²) in [5.74, 6) is -0.457. The van der Waals surface area contributed by atoms with E-state index in [2.05, 4.69) is 44.4 Å². The van der Waals surface area contributed by atoms with Crippen LogP contribution in [0, 0.1) is 12.7 Å². The maximum atomic E-state index is 14.7. The van der Waals surface area contributed by atoms with Crippen molar-refractivity contribution in [2.45, 2.75) is 45.2 Å². The van der Waals surface area contributed by atoms with Crippen molar-refractivity contribution < 1.29 is 13.2 Å². The lowest BCUT2D eigenvalue weighted by molar-refractivity contribution is 0.146. The minimum atomic E-state index is -2.87. The van der Waals surface area contributed by atoms with Crippen molar-refractivity contribution in [1.29, 1.82) is 0 Å². The van der Waals surface area contributed by atoms with E-state index >= 15 is 0 Å². The Hall–Kier alpha value is -2.94. The molecule has 3 heterocycles. The molecule has 0 aliphatic carbocycles. The fourth-order valence-corrected chi connectivity index (χ4v) is 4.42. The van der Waals surface area contributed by atoms with Crippen molar-refractivity contribution in [2.24, 2.45) is 0 Å². The summed E-state index contributed by atoms with van der Waals surface area (Å²) < 4.78 is 41.0. The molecule has 1 atom stereocenters. The van der Waals surface area contributed by atoms with Gasteiger partial charge in [0, 0.05) is 30.1 Å². The van der Waals surface area contributed by atoms with Gasteiger partial charge in [-0.15, -0.1) is 5.10 Å². The smallest absolute Gasteiger partial charge is 0.266 e. The van der Waals surface area contributed by atoms with Crippen molar-refractivity contribution in [3.63, 3.8) is 0 Å². The van der Waals surface area contributed by atoms with Gasteiger partial charge >= 0.3 is 0 Å². The number of hydrogen-bond donors (Lipinski definition) is 1. The lowest BCUT2D eigenvalue weighted by Gasteiger charge is -2.36. The molecule has 33 heavy (non-hydrogen) atoms. The Morgan fingerprint density at radius 1 is 1.12 bits per heavy atom. The number of nitrogens with one attached hydrogen (secondary N) is 1. The molecule has 0 saturated carbocycles. The lowest BCUT2D eigenvalue weighted by Crippen LogP contribution is -2.42. The van der Waals surface area contributed by atoms with Gasteiger partial charge in [-0.1, -0.05) is 18.2 Å². The number of pyridine rings is 1. The summed E-state index contributed by atoms with van der Waals surface area (Å²) in [5, 5.41) is 12.4. The van der Waals surface area contributed by atoms with Gasteiger partial charge < -0.3 is 15.1 Å². The molecule has 1 unspecified atom stereocenters. The summed E-state index contributed by atoms with van der Waals surface area (Å²) in [4.78, 5) is 9.21. The molecule has 1 fully saturated rings. The SMILES string of the molecule is Cc1nnc(NC(C)c2cccc(C(F)F)c2F)c2cc(N3CCC(N(C)C)CC3)cnc12. The third-order valence-corrected chi connectivity index (χ3v) is 6.44. The molecule has 1 aliphatic rings. The van der Waals surface area contributed by atoms with Crippen molar-refractivity contribution in [2.75, 3.05) is 37.4 Å². The van der Waals surface area contributed by atoms with E-state index in [1.807, 2.05) is 19.2 Å². The van der Waals surface area contributed by atoms with Gasteiger partial charge in [0.25, 0.3) is 6.43 Å². The van der Waals surface area contributed by atoms with E-state index in [0.717, 1.165) is 43.1 Å². The lowest BCUT2D eigenvalue weighted by atomic mass is 10.0. The molecule has 3 aromatic rings. The predicted octanol–water partition coefficient (Wildman–Crippen LogP) is 5.11. The zero-order chi connectivity index (χ0) is 23.7. The van der Waals surface area contributed by atoms with Gasteiger partial charge in [0.2, 0.25) is 0 Å². The second-order valence-electron chi connectivity index (χ2n) is 8.82. The first-order valence-electron chi connectivity index (χ1n) is 11.1. The summed E-state index contributed by atoms with van der Waals surface area (Å²) in [5.41, 5.74) is 1.93. The molecule has 176 valence electrons. The second-order valence-corrected chi connectivity index (χ2v) is 8.82. The normalized spacial score (nSPS) is 16.1. The van der Waals surface area contributed by atoms with Crippen LogP contribution in [0.3, 0.4) is 0 Å². The van der Waals surface area contributed by atoms with Crippen LogP contribution >= 0.6 is 0 Å². The van der Waals surface area contributed by atoms with Crippen LogP contribution in [-0.4, -0.2) is 53.3 Å². The molecular weight excluding hydrogens is 429 g/mol. The van der Waals surface area contributed by atoms with Crippen molar-refractivity contribution in [3.8, 4) is 0 Å². The van der Waals surface area contributed by atoms with E-state index in [4.69, 9.17) is 0 Å². The highest BCUT2D eigenvalue weighted by atomic mass is 19.3. The highest BCUT2D eigenvalue weighted by Crippen LogP contribution is 2.32. The Morgan fingerprint density at radius 2 is 1.82 bits per heavy atom. The van der Waals surface area contributed by atoms with E-state index in [-0.39, 0.29) is 5.56 Å². The molecule has 1 N–H and O–H groups in total. The highest BCUT2D eigenvalue weighted by Gasteiger charge is 2.23. The summed E-state index contributed by atoms with van der Waals surface area (Å²) >= 11 is 0. The topological polar surface area (TPSA) is 57.2 Å². The van der Waals surface area contributed by atoms with E-state index < -0.39 is 23.8 Å². The maximum Gasteiger partial charge on any atom is 0.266 e. The number of alkyl halides is 2. The minimum absolute atomic E-state index is 0.151. The average Bonchev–Trinajstić information content (AvgIpc) is 2.80. The Labute approximate surface area is 191 Å². The molecule has 0 spiro atoms. The summed E-state index contributed by atoms with van der Waals surface area (Å²) in [6.45, 7) is 5.41. The molecule has 1 saturated heterocycles. The van der Waals surface area contributed by atoms with Gasteiger partial charge in [-0.05, 0) is 46.9 Å². The Balaban J connectivity index is 1.64. The third kappa shape index (κ3) is 4.73. The summed E-state index contributed by atoms with van der Waals surface area (Å²) in [6, 6.07) is 6.05. The van der Waals surface area contributed by atoms with Crippen LogP contribution in [0.4, 0.5) is 24.7 Å². The highest BCUT2D eigenvalue weighted by molar-refractivity contribution is 5.92. The summed E-state index contributed by atoms with van der Waals surface area (Å²) in [7, 11) is 4.22. The molecule has 6 nitrogen and oxygen atoms in total. The number of rotatable bonds is 6. The zero-order valence-corrected chi connectivity index (χ0v) is 19.3. The minimum Gasteiger partial charge on any atom is -0.370 e. The molecule has 9 heteroatoms. The Morgan fingerprint density at radius 3 is 2.48 bits per heavy atom. The van der Waals surface area contributed by atoms with E-state index in [0.29, 0.717) is 23.1 Å². The largest absolute Gasteiger partial charge is 0.370 e. The van der Waals surface area contributed by atoms with Gasteiger partial charge in [-0.25, -0.2) is 13.2 Å². The van der Waals surface area contributed by atoms with E-state index in [9.17, 15) is 13.2 Å². The Bertz CT molecular complexity index is 1130. The third-order valence-electron chi connectivity index (χ3n) is 6.44. The number of nitrogens with zero attached hydrogens (tertiary/aromatic N) is 5. The molecular formula is C24H29F3N6. The van der Waals surface area contributed by atoms with Gasteiger partial charge in [0.1, 0.15) is 5.82 Å². The fourth-order valence-electron chi connectivity index (χ4n) is 4.42. The molecule has 0 radical (unpaired) electrons. The van der Waals surface area contributed by atoms with Gasteiger partial charge in [-0.2, -0.15) is 5.10 Å². The maximum absolute atomic E-state index is 14.7. The van der Waals surface area contributed by atoms with Gasteiger partial charge in [-0.3, -0.25) is 4.98 Å². The molecule has 4 rings (SSSR count). The zero-order valence-electron chi connectivity index (χ0n) is 19.3. The van der Waals surface area contributed by atoms with Crippen LogP contribution in [0.1, 0.15) is 49.1 Å². The monoisotopic (exact) mass is 458 g/mol. The quantitative estimate of drug-likeness (QED) is 0.554. The van der Waals surface area contributed by atoms with Gasteiger partial charge in [0.15, 0.2) is 5.82 Å². The molecule has 1 aliphatic heterocycles. The number of piperidine rings is 1. The van der Waals surface area contributed by atoms with Crippen LogP contribution in [0.2, 0.25) is 0 Å².